The van der Waals surface area contributed by atoms with E-state index in [1.54, 1.807) is 17.8 Å². The largest absolute Gasteiger partial charge is 0.459 e. The van der Waals surface area contributed by atoms with Gasteiger partial charge < -0.3 is 9.09 Å². The van der Waals surface area contributed by atoms with Crippen molar-refractivity contribution in [2.45, 2.75) is 42.7 Å². The van der Waals surface area contributed by atoms with E-state index >= 15 is 0 Å². The molecule has 13 heteroatoms. The summed E-state index contributed by atoms with van der Waals surface area (Å²) in [5.41, 5.74) is 0.361. The van der Waals surface area contributed by atoms with Gasteiger partial charge in [-0.2, -0.15) is 26.9 Å². The van der Waals surface area contributed by atoms with Gasteiger partial charge in [-0.15, -0.1) is 22.0 Å². The third-order valence-corrected chi connectivity index (χ3v) is 6.38. The summed E-state index contributed by atoms with van der Waals surface area (Å²) < 4.78 is 72.8. The second kappa shape index (κ2) is 8.00. The monoisotopic (exact) mass is 496 g/mol. The van der Waals surface area contributed by atoms with Gasteiger partial charge >= 0.3 is 12.1 Å². The highest BCUT2D eigenvalue weighted by molar-refractivity contribution is 7.99. The molecule has 1 aliphatic rings. The van der Waals surface area contributed by atoms with Gasteiger partial charge in [0.05, 0.1) is 5.69 Å². The molecule has 0 saturated heterocycles. The third kappa shape index (κ3) is 3.81. The molecule has 0 N–H and O–H groups in total. The highest BCUT2D eigenvalue weighted by atomic mass is 32.2. The molecule has 5 rings (SSSR count). The average molecular weight is 496 g/mol. The number of aromatic nitrogens is 6. The summed E-state index contributed by atoms with van der Waals surface area (Å²) in [4.78, 5) is 9.74. The van der Waals surface area contributed by atoms with Gasteiger partial charge in [0.2, 0.25) is 11.7 Å². The van der Waals surface area contributed by atoms with Crippen molar-refractivity contribution in [2.75, 3.05) is 5.75 Å². The Bertz CT molecular complexity index is 1380. The second-order valence-corrected chi connectivity index (χ2v) is 9.21. The smallest absolute Gasteiger partial charge is 0.339 e. The first-order chi connectivity index (χ1) is 16.1. The first kappa shape index (κ1) is 22.7. The van der Waals surface area contributed by atoms with Crippen LogP contribution in [-0.2, 0) is 13.0 Å². The average Bonchev–Trinajstić information content (AvgIpc) is 3.43. The predicted molar refractivity (Wildman–Crippen MR) is 113 cm³/mol. The summed E-state index contributed by atoms with van der Waals surface area (Å²) in [6, 6.07) is 4.03. The summed E-state index contributed by atoms with van der Waals surface area (Å²) in [6.45, 7) is 1.96. The van der Waals surface area contributed by atoms with Gasteiger partial charge in [-0.3, -0.25) is 4.98 Å². The zero-order valence-corrected chi connectivity index (χ0v) is 18.7. The Morgan fingerprint density at radius 1 is 1.12 bits per heavy atom. The lowest BCUT2D eigenvalue weighted by atomic mass is 10.1. The van der Waals surface area contributed by atoms with Crippen molar-refractivity contribution in [3.63, 3.8) is 0 Å². The van der Waals surface area contributed by atoms with Gasteiger partial charge in [0.25, 0.3) is 0 Å². The number of hydrogen-bond donors (Lipinski definition) is 0. The van der Waals surface area contributed by atoms with E-state index in [9.17, 15) is 22.0 Å². The molecule has 0 aromatic carbocycles. The van der Waals surface area contributed by atoms with Gasteiger partial charge in [0, 0.05) is 35.0 Å². The highest BCUT2D eigenvalue weighted by Gasteiger charge is 2.60. The maximum Gasteiger partial charge on any atom is 0.459 e. The molecule has 0 bridgehead atoms. The Morgan fingerprint density at radius 2 is 1.88 bits per heavy atom. The molecule has 4 aromatic rings. The molecule has 0 aliphatic heterocycles. The van der Waals surface area contributed by atoms with E-state index in [2.05, 4.69) is 25.3 Å². The first-order valence-corrected chi connectivity index (χ1v) is 11.3. The fourth-order valence-corrected chi connectivity index (χ4v) is 4.34. The maximum absolute atomic E-state index is 13.8. The number of halogens is 5. The van der Waals surface area contributed by atoms with Crippen molar-refractivity contribution in [1.82, 2.24) is 29.9 Å². The molecule has 4 heterocycles. The SMILES string of the molecule is CCSc1cc(-c2noc(C3CC3)n2)cnc1-c1cc2cc(C(F)(F)C(F)(F)F)nnc2n1C. The van der Waals surface area contributed by atoms with Crippen LogP contribution in [0.5, 0.6) is 0 Å². The third-order valence-electron chi connectivity index (χ3n) is 5.47. The molecule has 0 amide bonds. The van der Waals surface area contributed by atoms with Crippen molar-refractivity contribution >= 4 is 22.8 Å². The quantitative estimate of drug-likeness (QED) is 0.249. The van der Waals surface area contributed by atoms with Gasteiger partial charge in [-0.25, -0.2) is 0 Å². The molecule has 4 aromatic heterocycles. The Hall–Kier alpha value is -3.09. The Kier molecular flexibility index (Phi) is 5.34. The van der Waals surface area contributed by atoms with Crippen molar-refractivity contribution < 1.29 is 26.5 Å². The van der Waals surface area contributed by atoms with Crippen LogP contribution >= 0.6 is 11.8 Å². The van der Waals surface area contributed by atoms with Crippen LogP contribution in [0.1, 0.15) is 37.3 Å². The molecular formula is C21H17F5N6OS. The lowest BCUT2D eigenvalue weighted by Crippen LogP contribution is -2.34. The second-order valence-electron chi connectivity index (χ2n) is 7.90. The van der Waals surface area contributed by atoms with E-state index in [1.165, 1.54) is 17.8 Å². The number of pyridine rings is 1. The van der Waals surface area contributed by atoms with Crippen LogP contribution in [-0.4, -0.2) is 41.8 Å². The highest BCUT2D eigenvalue weighted by Crippen LogP contribution is 2.44. The molecule has 1 aliphatic carbocycles. The Morgan fingerprint density at radius 3 is 2.56 bits per heavy atom. The molecule has 1 saturated carbocycles. The normalized spacial score (nSPS) is 14.8. The minimum atomic E-state index is -5.77. The number of aryl methyl sites for hydroxylation is 1. The number of rotatable bonds is 6. The van der Waals surface area contributed by atoms with Gasteiger partial charge in [0.1, 0.15) is 11.4 Å². The fraction of sp³-hybridized carbons (Fsp3) is 0.381. The number of nitrogens with zero attached hydrogens (tertiary/aromatic N) is 6. The first-order valence-electron chi connectivity index (χ1n) is 10.4. The van der Waals surface area contributed by atoms with Crippen LogP contribution < -0.4 is 0 Å². The number of fused-ring (bicyclic) bond motifs is 1. The molecule has 0 atom stereocenters. The summed E-state index contributed by atoms with van der Waals surface area (Å²) in [7, 11) is 1.62. The van der Waals surface area contributed by atoms with E-state index in [-0.39, 0.29) is 11.0 Å². The summed E-state index contributed by atoms with van der Waals surface area (Å²) >= 11 is 1.49. The molecule has 7 nitrogen and oxygen atoms in total. The maximum atomic E-state index is 13.8. The van der Waals surface area contributed by atoms with Gasteiger partial charge in [0.15, 0.2) is 5.65 Å². The van der Waals surface area contributed by atoms with E-state index in [1.807, 2.05) is 13.0 Å². The van der Waals surface area contributed by atoms with E-state index in [0.29, 0.717) is 46.4 Å². The van der Waals surface area contributed by atoms with Crippen LogP contribution in [0.4, 0.5) is 22.0 Å². The van der Waals surface area contributed by atoms with E-state index < -0.39 is 17.8 Å². The van der Waals surface area contributed by atoms with E-state index in [4.69, 9.17) is 4.52 Å². The number of alkyl halides is 5. The zero-order valence-electron chi connectivity index (χ0n) is 17.9. The minimum Gasteiger partial charge on any atom is -0.339 e. The molecule has 0 unspecified atom stereocenters. The molecule has 178 valence electrons. The fourth-order valence-electron chi connectivity index (χ4n) is 3.52. The van der Waals surface area contributed by atoms with Gasteiger partial charge in [-0.1, -0.05) is 12.1 Å². The molecule has 1 fully saturated rings. The van der Waals surface area contributed by atoms with Crippen molar-refractivity contribution in [1.29, 1.82) is 0 Å². The molecule has 0 spiro atoms. The van der Waals surface area contributed by atoms with E-state index in [0.717, 1.165) is 17.7 Å². The van der Waals surface area contributed by atoms with Crippen LogP contribution in [0.15, 0.2) is 33.8 Å². The van der Waals surface area contributed by atoms with Gasteiger partial charge in [-0.05, 0) is 36.8 Å². The lowest BCUT2D eigenvalue weighted by Gasteiger charge is -2.18. The van der Waals surface area contributed by atoms with Crippen LogP contribution in [0.25, 0.3) is 33.8 Å². The topological polar surface area (TPSA) is 82.5 Å². The molecule has 34 heavy (non-hydrogen) atoms. The summed E-state index contributed by atoms with van der Waals surface area (Å²) in [5, 5.41) is 10.9. The predicted octanol–water partition coefficient (Wildman–Crippen LogP) is 5.72. The van der Waals surface area contributed by atoms with Crippen molar-refractivity contribution in [2.24, 2.45) is 7.05 Å². The number of thioether (sulfide) groups is 1. The van der Waals surface area contributed by atoms with Crippen molar-refractivity contribution in [3.05, 3.63) is 36.0 Å². The van der Waals surface area contributed by atoms with Crippen LogP contribution in [0, 0.1) is 0 Å². The van der Waals surface area contributed by atoms with Crippen LogP contribution in [0.3, 0.4) is 0 Å². The Balaban J connectivity index is 1.57. The summed E-state index contributed by atoms with van der Waals surface area (Å²) in [5.74, 6) is -3.08. The zero-order chi connectivity index (χ0) is 24.3. The number of hydrogen-bond acceptors (Lipinski definition) is 7. The standard InChI is InChI=1S/C21H17F5N6OS/c1-3-34-14-7-12(17-28-19(33-31-17)10-4-5-10)9-27-16(14)13-6-11-8-15(20(22,23)21(24,25)26)29-30-18(11)32(13)2/h6-10H,3-5H2,1-2H3. The van der Waals surface area contributed by atoms with Crippen molar-refractivity contribution in [3.8, 4) is 22.8 Å². The van der Waals surface area contributed by atoms with Crippen LogP contribution in [0.2, 0.25) is 0 Å². The molecule has 0 radical (unpaired) electrons. The minimum absolute atomic E-state index is 0.0944. The Labute approximate surface area is 193 Å². The summed E-state index contributed by atoms with van der Waals surface area (Å²) in [6.07, 6.45) is -2.15. The lowest BCUT2D eigenvalue weighted by molar-refractivity contribution is -0.291. The molecular weight excluding hydrogens is 479 g/mol.